The number of aliphatic hydroxyl groups is 1. The molecule has 0 saturated heterocycles. The molecule has 0 aromatic carbocycles. The molecule has 1 aliphatic carbocycles. The van der Waals surface area contributed by atoms with Gasteiger partial charge in [-0.25, -0.2) is 0 Å². The normalized spacial score (nSPS) is 40.3. The number of aliphatic hydroxyl groups excluding tert-OH is 1. The average Bonchev–Trinajstić information content (AvgIpc) is 2.78. The molecule has 22 heavy (non-hydrogen) atoms. The highest BCUT2D eigenvalue weighted by Crippen LogP contribution is 2.40. The number of carbonyl (C=O) groups is 1. The Kier molecular flexibility index (Phi) is 6.97. The van der Waals surface area contributed by atoms with Crippen LogP contribution in [0.5, 0.6) is 0 Å². The van der Waals surface area contributed by atoms with Gasteiger partial charge in [-0.3, -0.25) is 4.79 Å². The van der Waals surface area contributed by atoms with Crippen LogP contribution in [-0.4, -0.2) is 28.7 Å². The number of hydrogen-bond donors (Lipinski definition) is 1. The van der Waals surface area contributed by atoms with Gasteiger partial charge in [-0.1, -0.05) is 31.2 Å². The summed E-state index contributed by atoms with van der Waals surface area (Å²) < 4.78 is 5.69. The van der Waals surface area contributed by atoms with E-state index in [1.165, 1.54) is 0 Å². The van der Waals surface area contributed by atoms with Crippen LogP contribution in [0.4, 0.5) is 0 Å². The van der Waals surface area contributed by atoms with Crippen molar-refractivity contribution in [3.63, 3.8) is 0 Å². The summed E-state index contributed by atoms with van der Waals surface area (Å²) in [4.78, 5) is 12.0. The summed E-state index contributed by atoms with van der Waals surface area (Å²) in [6, 6.07) is 0. The Hall–Kier alpha value is -0.800. The largest absolute Gasteiger partial charge is 0.462 e. The molecule has 3 nitrogen and oxygen atoms in total. The van der Waals surface area contributed by atoms with Gasteiger partial charge in [-0.2, -0.15) is 0 Å². The van der Waals surface area contributed by atoms with Crippen molar-refractivity contribution in [1.82, 2.24) is 0 Å². The van der Waals surface area contributed by atoms with Crippen molar-refractivity contribution < 1.29 is 14.6 Å². The van der Waals surface area contributed by atoms with Crippen LogP contribution in [0.25, 0.3) is 0 Å². The SMILES string of the molecule is CC[C@@H]1OC(=O)CCCC/C=C\C/C=C\[C@H]2C1C[C@@H](Cl)[C@@H]2O. The highest BCUT2D eigenvalue weighted by Gasteiger charge is 2.44. The molecule has 1 saturated carbocycles. The summed E-state index contributed by atoms with van der Waals surface area (Å²) in [5.41, 5.74) is 0. The Balaban J connectivity index is 2.16. The van der Waals surface area contributed by atoms with E-state index in [1.54, 1.807) is 0 Å². The minimum absolute atomic E-state index is 0.0309. The van der Waals surface area contributed by atoms with Gasteiger partial charge in [0.1, 0.15) is 6.10 Å². The van der Waals surface area contributed by atoms with Crippen molar-refractivity contribution in [2.45, 2.75) is 69.5 Å². The van der Waals surface area contributed by atoms with Gasteiger partial charge < -0.3 is 9.84 Å². The van der Waals surface area contributed by atoms with E-state index in [0.717, 1.165) is 32.1 Å². The number of alkyl halides is 1. The van der Waals surface area contributed by atoms with Crippen LogP contribution in [0.15, 0.2) is 24.3 Å². The summed E-state index contributed by atoms with van der Waals surface area (Å²) in [6.07, 6.45) is 13.4. The summed E-state index contributed by atoms with van der Waals surface area (Å²) in [5, 5.41) is 10.1. The standard InChI is InChI=1S/C18H27ClO3/c1-2-16-14-12-15(19)18(21)13(14)10-8-6-4-3-5-7-9-11-17(20)22-16/h3-4,8,10,13-16,18,21H,2,5-7,9,11-12H2,1H3/b4-3-,10-8-/t13-,14?,15+,16-,18+/m0/s1. The van der Waals surface area contributed by atoms with Gasteiger partial charge in [0.25, 0.3) is 0 Å². The van der Waals surface area contributed by atoms with Gasteiger partial charge in [-0.05, 0) is 38.5 Å². The summed E-state index contributed by atoms with van der Waals surface area (Å²) in [6.45, 7) is 2.03. The topological polar surface area (TPSA) is 46.5 Å². The molecular formula is C18H27ClO3. The first-order valence-electron chi connectivity index (χ1n) is 8.46. The molecule has 0 amide bonds. The zero-order valence-electron chi connectivity index (χ0n) is 13.3. The first-order valence-corrected chi connectivity index (χ1v) is 8.90. The van der Waals surface area contributed by atoms with Crippen molar-refractivity contribution in [1.29, 1.82) is 0 Å². The summed E-state index contributed by atoms with van der Waals surface area (Å²) in [5.74, 6) is -0.0469. The maximum absolute atomic E-state index is 12.0. The van der Waals surface area contributed by atoms with Crippen LogP contribution in [0.2, 0.25) is 0 Å². The minimum Gasteiger partial charge on any atom is -0.462 e. The van der Waals surface area contributed by atoms with Crippen LogP contribution in [0.3, 0.4) is 0 Å². The predicted molar refractivity (Wildman–Crippen MR) is 88.8 cm³/mol. The van der Waals surface area contributed by atoms with Gasteiger partial charge in [0.15, 0.2) is 0 Å². The zero-order valence-corrected chi connectivity index (χ0v) is 14.0. The summed E-state index contributed by atoms with van der Waals surface area (Å²) >= 11 is 6.26. The van der Waals surface area contributed by atoms with E-state index < -0.39 is 6.10 Å². The second-order valence-electron chi connectivity index (χ2n) is 6.30. The third-order valence-electron chi connectivity index (χ3n) is 4.72. The fraction of sp³-hybridized carbons (Fsp3) is 0.722. The molecule has 1 N–H and O–H groups in total. The summed E-state index contributed by atoms with van der Waals surface area (Å²) in [7, 11) is 0. The lowest BCUT2D eigenvalue weighted by molar-refractivity contribution is -0.153. The van der Waals surface area contributed by atoms with Gasteiger partial charge in [0, 0.05) is 18.3 Å². The zero-order chi connectivity index (χ0) is 15.9. The lowest BCUT2D eigenvalue weighted by atomic mass is 9.88. The quantitative estimate of drug-likeness (QED) is 0.450. The maximum Gasteiger partial charge on any atom is 0.306 e. The number of hydrogen-bond acceptors (Lipinski definition) is 3. The fourth-order valence-corrected chi connectivity index (χ4v) is 3.84. The number of ether oxygens (including phenoxy) is 1. The Labute approximate surface area is 138 Å². The van der Waals surface area contributed by atoms with E-state index >= 15 is 0 Å². The van der Waals surface area contributed by atoms with E-state index in [1.807, 2.05) is 6.92 Å². The number of fused-ring (bicyclic) bond motifs is 1. The Bertz CT molecular complexity index is 419. The first kappa shape index (κ1) is 17.6. The molecule has 4 heteroatoms. The third kappa shape index (κ3) is 4.60. The molecule has 1 heterocycles. The number of halogens is 1. The Morgan fingerprint density at radius 3 is 2.91 bits per heavy atom. The van der Waals surface area contributed by atoms with E-state index in [4.69, 9.17) is 16.3 Å². The number of cyclic esters (lactones) is 1. The van der Waals surface area contributed by atoms with Crippen molar-refractivity contribution in [2.24, 2.45) is 11.8 Å². The van der Waals surface area contributed by atoms with Gasteiger partial charge in [0.2, 0.25) is 0 Å². The van der Waals surface area contributed by atoms with Crippen LogP contribution in [0, 0.1) is 11.8 Å². The molecule has 1 fully saturated rings. The van der Waals surface area contributed by atoms with E-state index in [2.05, 4.69) is 24.3 Å². The van der Waals surface area contributed by atoms with Crippen molar-refractivity contribution >= 4 is 17.6 Å². The van der Waals surface area contributed by atoms with Crippen molar-refractivity contribution in [3.8, 4) is 0 Å². The number of esters is 1. The number of carbonyl (C=O) groups excluding carboxylic acids is 1. The highest BCUT2D eigenvalue weighted by atomic mass is 35.5. The molecule has 5 atom stereocenters. The van der Waals surface area contributed by atoms with Crippen molar-refractivity contribution in [2.75, 3.05) is 0 Å². The highest BCUT2D eigenvalue weighted by molar-refractivity contribution is 6.21. The van der Waals surface area contributed by atoms with E-state index in [0.29, 0.717) is 12.8 Å². The molecule has 1 unspecified atom stereocenters. The Morgan fingerprint density at radius 2 is 2.14 bits per heavy atom. The lowest BCUT2D eigenvalue weighted by Gasteiger charge is -2.27. The molecule has 2 aliphatic rings. The molecule has 124 valence electrons. The molecule has 0 spiro atoms. The fourth-order valence-electron chi connectivity index (χ4n) is 3.47. The molecule has 0 radical (unpaired) electrons. The van der Waals surface area contributed by atoms with Crippen LogP contribution < -0.4 is 0 Å². The molecule has 0 aromatic heterocycles. The Morgan fingerprint density at radius 1 is 1.32 bits per heavy atom. The lowest BCUT2D eigenvalue weighted by Crippen LogP contribution is -2.31. The third-order valence-corrected chi connectivity index (χ3v) is 5.15. The number of rotatable bonds is 1. The second-order valence-corrected chi connectivity index (χ2v) is 6.86. The molecular weight excluding hydrogens is 300 g/mol. The average molecular weight is 327 g/mol. The predicted octanol–water partition coefficient (Wildman–Crippen LogP) is 3.99. The first-order chi connectivity index (χ1) is 10.6. The van der Waals surface area contributed by atoms with Gasteiger partial charge in [0.05, 0.1) is 11.5 Å². The smallest absolute Gasteiger partial charge is 0.306 e. The van der Waals surface area contributed by atoms with E-state index in [9.17, 15) is 9.90 Å². The van der Waals surface area contributed by atoms with Crippen LogP contribution >= 0.6 is 11.6 Å². The van der Waals surface area contributed by atoms with Gasteiger partial charge in [-0.15, -0.1) is 11.6 Å². The minimum atomic E-state index is -0.562. The van der Waals surface area contributed by atoms with Crippen molar-refractivity contribution in [3.05, 3.63) is 24.3 Å². The molecule has 1 aliphatic heterocycles. The molecule has 0 aromatic rings. The second kappa shape index (κ2) is 8.73. The van der Waals surface area contributed by atoms with Crippen LogP contribution in [0.1, 0.15) is 51.9 Å². The molecule has 0 bridgehead atoms. The number of allylic oxidation sites excluding steroid dienone is 3. The maximum atomic E-state index is 12.0. The van der Waals surface area contributed by atoms with Crippen LogP contribution in [-0.2, 0) is 9.53 Å². The monoisotopic (exact) mass is 326 g/mol. The van der Waals surface area contributed by atoms with Gasteiger partial charge >= 0.3 is 5.97 Å². The van der Waals surface area contributed by atoms with E-state index in [-0.39, 0.29) is 29.3 Å². The molecule has 2 rings (SSSR count).